The average Bonchev–Trinajstić information content (AvgIpc) is 2.61. The molecule has 0 aromatic heterocycles. The number of hydrogen-bond acceptors (Lipinski definition) is 3. The zero-order valence-corrected chi connectivity index (χ0v) is 15.1. The molecule has 3 fully saturated rings. The van der Waals surface area contributed by atoms with E-state index in [1.54, 1.807) is 0 Å². The van der Waals surface area contributed by atoms with Gasteiger partial charge in [0.15, 0.2) is 0 Å². The van der Waals surface area contributed by atoms with Gasteiger partial charge in [-0.3, -0.25) is 0 Å². The number of amides is 1. The van der Waals surface area contributed by atoms with E-state index in [0.717, 1.165) is 25.8 Å². The lowest BCUT2D eigenvalue weighted by molar-refractivity contribution is -0.125. The van der Waals surface area contributed by atoms with Crippen LogP contribution in [0.5, 0.6) is 0 Å². The van der Waals surface area contributed by atoms with Gasteiger partial charge in [-0.1, -0.05) is 12.8 Å². The quantitative estimate of drug-likeness (QED) is 0.754. The first-order valence-corrected chi connectivity index (χ1v) is 9.87. The number of nitrogens with zero attached hydrogens (tertiary/aromatic N) is 1. The molecule has 4 heteroatoms. The van der Waals surface area contributed by atoms with E-state index in [4.69, 9.17) is 9.47 Å². The lowest BCUT2D eigenvalue weighted by Crippen LogP contribution is -2.64. The van der Waals surface area contributed by atoms with Crippen molar-refractivity contribution in [2.75, 3.05) is 20.3 Å². The number of allylic oxidation sites excluding steroid dienone is 2. The van der Waals surface area contributed by atoms with Crippen LogP contribution in [-0.2, 0) is 9.47 Å². The molecule has 2 saturated carbocycles. The third-order valence-electron chi connectivity index (χ3n) is 7.44. The van der Waals surface area contributed by atoms with Crippen LogP contribution in [0.2, 0.25) is 0 Å². The van der Waals surface area contributed by atoms with Crippen LogP contribution >= 0.6 is 0 Å². The maximum absolute atomic E-state index is 12.5. The predicted molar refractivity (Wildman–Crippen MR) is 92.4 cm³/mol. The van der Waals surface area contributed by atoms with E-state index in [1.165, 1.54) is 37.9 Å². The zero-order valence-electron chi connectivity index (χ0n) is 15.1. The number of hydrogen-bond donors (Lipinski definition) is 0. The van der Waals surface area contributed by atoms with Crippen LogP contribution in [0.3, 0.4) is 0 Å². The van der Waals surface area contributed by atoms with Crippen LogP contribution in [0, 0.1) is 23.2 Å². The molecule has 1 amide bonds. The topological polar surface area (TPSA) is 38.8 Å². The van der Waals surface area contributed by atoms with Crippen LogP contribution in [0.15, 0.2) is 11.8 Å². The smallest absolute Gasteiger partial charge is 0.410 e. The van der Waals surface area contributed by atoms with E-state index >= 15 is 0 Å². The Labute approximate surface area is 145 Å². The van der Waals surface area contributed by atoms with Crippen molar-refractivity contribution in [1.82, 2.24) is 4.90 Å². The molecular formula is C20H31NO3. The minimum atomic E-state index is -0.0796. The van der Waals surface area contributed by atoms with Crippen LogP contribution in [0.25, 0.3) is 0 Å². The molecule has 4 rings (SSSR count). The fourth-order valence-corrected chi connectivity index (χ4v) is 6.50. The monoisotopic (exact) mass is 333 g/mol. The number of carbonyl (C=O) groups is 1. The molecule has 0 N–H and O–H groups in total. The van der Waals surface area contributed by atoms with Crippen molar-refractivity contribution in [2.45, 2.75) is 64.3 Å². The van der Waals surface area contributed by atoms with Crippen molar-refractivity contribution in [2.24, 2.45) is 23.2 Å². The van der Waals surface area contributed by atoms with Gasteiger partial charge in [0.2, 0.25) is 0 Å². The molecular weight excluding hydrogens is 302 g/mol. The van der Waals surface area contributed by atoms with Gasteiger partial charge < -0.3 is 14.4 Å². The Kier molecular flexibility index (Phi) is 4.26. The molecule has 0 radical (unpaired) electrons. The normalized spacial score (nSPS) is 40.9. The Morgan fingerprint density at radius 3 is 3.00 bits per heavy atom. The summed E-state index contributed by atoms with van der Waals surface area (Å²) in [6.07, 6.45) is 12.2. The molecule has 4 aliphatic rings. The number of likely N-dealkylation sites (tertiary alicyclic amines) is 1. The van der Waals surface area contributed by atoms with Crippen LogP contribution < -0.4 is 0 Å². The Bertz CT molecular complexity index is 531. The van der Waals surface area contributed by atoms with Crippen LogP contribution in [0.4, 0.5) is 4.79 Å². The molecule has 1 heterocycles. The van der Waals surface area contributed by atoms with Gasteiger partial charge in [0.25, 0.3) is 0 Å². The Morgan fingerprint density at radius 1 is 1.33 bits per heavy atom. The molecule has 3 aliphatic carbocycles. The first-order chi connectivity index (χ1) is 11.7. The molecule has 0 aromatic carbocycles. The minimum Gasteiger partial charge on any atom is -0.501 e. The summed E-state index contributed by atoms with van der Waals surface area (Å²) in [5.41, 5.74) is 0.402. The molecule has 134 valence electrons. The van der Waals surface area contributed by atoms with Gasteiger partial charge in [0.05, 0.1) is 19.5 Å². The fourth-order valence-electron chi connectivity index (χ4n) is 6.50. The first kappa shape index (κ1) is 16.3. The lowest BCUT2D eigenvalue weighted by atomic mass is 9.46. The molecule has 24 heavy (non-hydrogen) atoms. The molecule has 1 saturated heterocycles. The first-order valence-electron chi connectivity index (χ1n) is 9.87. The minimum absolute atomic E-state index is 0.0796. The number of rotatable bonds is 2. The van der Waals surface area contributed by atoms with E-state index in [9.17, 15) is 4.79 Å². The summed E-state index contributed by atoms with van der Waals surface area (Å²) in [7, 11) is 1.82. The summed E-state index contributed by atoms with van der Waals surface area (Å²) >= 11 is 0. The molecule has 0 spiro atoms. The number of piperidine rings is 1. The van der Waals surface area contributed by atoms with Crippen LogP contribution in [0.1, 0.15) is 58.3 Å². The number of ether oxygens (including phenoxy) is 2. The second kappa shape index (κ2) is 6.27. The van der Waals surface area contributed by atoms with Crippen molar-refractivity contribution in [3.63, 3.8) is 0 Å². The van der Waals surface area contributed by atoms with Gasteiger partial charge in [0, 0.05) is 19.0 Å². The number of methoxy groups -OCH3 is 1. The molecule has 2 bridgehead atoms. The van der Waals surface area contributed by atoms with E-state index in [-0.39, 0.29) is 6.09 Å². The van der Waals surface area contributed by atoms with Crippen molar-refractivity contribution in [1.29, 1.82) is 0 Å². The highest BCUT2D eigenvalue weighted by atomic mass is 16.6. The maximum atomic E-state index is 12.5. The van der Waals surface area contributed by atoms with Crippen LogP contribution in [-0.4, -0.2) is 37.3 Å². The van der Waals surface area contributed by atoms with Crippen molar-refractivity contribution in [3.8, 4) is 0 Å². The number of fused-ring (bicyclic) bond motifs is 1. The van der Waals surface area contributed by atoms with Gasteiger partial charge in [-0.15, -0.1) is 0 Å². The summed E-state index contributed by atoms with van der Waals surface area (Å²) in [5, 5.41) is 0. The third kappa shape index (κ3) is 2.36. The SMILES string of the molecule is CCOC(=O)N1CCC23CCCCC2C1CC1CCC(OC)=CC13. The van der Waals surface area contributed by atoms with Crippen molar-refractivity contribution in [3.05, 3.63) is 11.8 Å². The number of carbonyl (C=O) groups excluding carboxylic acids is 1. The van der Waals surface area contributed by atoms with Gasteiger partial charge in [-0.2, -0.15) is 0 Å². The van der Waals surface area contributed by atoms with E-state index in [1.807, 2.05) is 14.0 Å². The second-order valence-corrected chi connectivity index (χ2v) is 8.19. The third-order valence-corrected chi connectivity index (χ3v) is 7.44. The van der Waals surface area contributed by atoms with E-state index in [2.05, 4.69) is 11.0 Å². The average molecular weight is 333 g/mol. The molecule has 0 aromatic rings. The highest BCUT2D eigenvalue weighted by molar-refractivity contribution is 5.68. The van der Waals surface area contributed by atoms with Crippen molar-refractivity contribution < 1.29 is 14.3 Å². The molecule has 5 atom stereocenters. The highest BCUT2D eigenvalue weighted by Crippen LogP contribution is 2.62. The van der Waals surface area contributed by atoms with E-state index in [0.29, 0.717) is 35.8 Å². The van der Waals surface area contributed by atoms with Gasteiger partial charge in [-0.25, -0.2) is 4.79 Å². The van der Waals surface area contributed by atoms with E-state index < -0.39 is 0 Å². The summed E-state index contributed by atoms with van der Waals surface area (Å²) < 4.78 is 11.0. The second-order valence-electron chi connectivity index (χ2n) is 8.19. The van der Waals surface area contributed by atoms with Gasteiger partial charge in [-0.05, 0) is 68.3 Å². The fraction of sp³-hybridized carbons (Fsp3) is 0.850. The molecule has 1 aliphatic heterocycles. The van der Waals surface area contributed by atoms with Crippen molar-refractivity contribution >= 4 is 6.09 Å². The maximum Gasteiger partial charge on any atom is 0.410 e. The largest absolute Gasteiger partial charge is 0.501 e. The molecule has 4 nitrogen and oxygen atoms in total. The summed E-state index contributed by atoms with van der Waals surface area (Å²) in [6, 6.07) is 0.400. The summed E-state index contributed by atoms with van der Waals surface area (Å²) in [5.74, 6) is 3.21. The summed E-state index contributed by atoms with van der Waals surface area (Å²) in [4.78, 5) is 14.6. The zero-order chi connectivity index (χ0) is 16.7. The predicted octanol–water partition coefficient (Wildman–Crippen LogP) is 4.35. The standard InChI is InChI=1S/C20H31NO3/c1-3-24-19(22)21-11-10-20-9-5-4-6-16(20)18(21)12-14-7-8-15(23-2)13-17(14)20/h13-14,16-18H,3-12H2,1-2H3. The van der Waals surface area contributed by atoms with Gasteiger partial charge >= 0.3 is 6.09 Å². The lowest BCUT2D eigenvalue weighted by Gasteiger charge is -2.63. The Balaban J connectivity index is 1.68. The Hall–Kier alpha value is -1.19. The highest BCUT2D eigenvalue weighted by Gasteiger charge is 2.59. The Morgan fingerprint density at radius 2 is 2.21 bits per heavy atom. The molecule has 5 unspecified atom stereocenters. The summed E-state index contributed by atoms with van der Waals surface area (Å²) in [6.45, 7) is 3.26. The van der Waals surface area contributed by atoms with Gasteiger partial charge in [0.1, 0.15) is 0 Å².